The Morgan fingerprint density at radius 2 is 2.25 bits per heavy atom. The first-order valence-corrected chi connectivity index (χ1v) is 6.76. The first kappa shape index (κ1) is 14.7. The fourth-order valence-electron chi connectivity index (χ4n) is 2.10. The first-order chi connectivity index (χ1) is 9.60. The molecule has 20 heavy (non-hydrogen) atoms. The van der Waals surface area contributed by atoms with Crippen LogP contribution in [0.25, 0.3) is 0 Å². The fourth-order valence-corrected chi connectivity index (χ4v) is 2.28. The van der Waals surface area contributed by atoms with E-state index in [9.17, 15) is 9.59 Å². The van der Waals surface area contributed by atoms with Crippen LogP contribution in [-0.4, -0.2) is 25.6 Å². The highest BCUT2D eigenvalue weighted by molar-refractivity contribution is 6.30. The maximum Gasteiger partial charge on any atom is 0.306 e. The molecule has 1 atom stereocenters. The van der Waals surface area contributed by atoms with Gasteiger partial charge < -0.3 is 14.8 Å². The molecule has 0 fully saturated rings. The van der Waals surface area contributed by atoms with Crippen molar-refractivity contribution in [3.05, 3.63) is 28.8 Å². The summed E-state index contributed by atoms with van der Waals surface area (Å²) in [5.41, 5.74) is 0.871. The molecule has 0 radical (unpaired) electrons. The van der Waals surface area contributed by atoms with Crippen LogP contribution in [0.5, 0.6) is 5.75 Å². The SMILES string of the molecule is COC(=O)CCC(=O)NC1CCOc2ccc(Cl)cc21. The number of nitrogens with one attached hydrogen (secondary N) is 1. The Morgan fingerprint density at radius 1 is 1.45 bits per heavy atom. The van der Waals surface area contributed by atoms with Crippen molar-refractivity contribution in [3.63, 3.8) is 0 Å². The second kappa shape index (κ2) is 6.61. The Balaban J connectivity index is 1.99. The highest BCUT2D eigenvalue weighted by Gasteiger charge is 2.23. The summed E-state index contributed by atoms with van der Waals surface area (Å²) >= 11 is 5.97. The number of rotatable bonds is 4. The molecule has 2 rings (SSSR count). The Labute approximate surface area is 122 Å². The number of halogens is 1. The van der Waals surface area contributed by atoms with Crippen molar-refractivity contribution in [1.82, 2.24) is 5.32 Å². The van der Waals surface area contributed by atoms with Crippen LogP contribution in [0.4, 0.5) is 0 Å². The van der Waals surface area contributed by atoms with Crippen LogP contribution in [0.15, 0.2) is 18.2 Å². The van der Waals surface area contributed by atoms with Crippen molar-refractivity contribution in [1.29, 1.82) is 0 Å². The third kappa shape index (κ3) is 3.63. The van der Waals surface area contributed by atoms with E-state index in [0.29, 0.717) is 18.1 Å². The average molecular weight is 298 g/mol. The Morgan fingerprint density at radius 3 is 3.00 bits per heavy atom. The van der Waals surface area contributed by atoms with Crippen molar-refractivity contribution in [2.24, 2.45) is 0 Å². The second-order valence-corrected chi connectivity index (χ2v) is 4.95. The van der Waals surface area contributed by atoms with Crippen molar-refractivity contribution in [2.75, 3.05) is 13.7 Å². The molecule has 0 bridgehead atoms. The van der Waals surface area contributed by atoms with Gasteiger partial charge in [0.15, 0.2) is 0 Å². The van der Waals surface area contributed by atoms with E-state index in [1.165, 1.54) is 7.11 Å². The molecule has 0 saturated heterocycles. The predicted molar refractivity (Wildman–Crippen MR) is 73.7 cm³/mol. The number of fused-ring (bicyclic) bond motifs is 1. The van der Waals surface area contributed by atoms with E-state index >= 15 is 0 Å². The number of amides is 1. The summed E-state index contributed by atoms with van der Waals surface area (Å²) in [7, 11) is 1.30. The Kier molecular flexibility index (Phi) is 4.84. The van der Waals surface area contributed by atoms with Crippen LogP contribution in [0.1, 0.15) is 30.9 Å². The summed E-state index contributed by atoms with van der Waals surface area (Å²) in [6.45, 7) is 0.538. The number of esters is 1. The van der Waals surface area contributed by atoms with Gasteiger partial charge in [-0.3, -0.25) is 9.59 Å². The molecule has 1 aliphatic rings. The summed E-state index contributed by atoms with van der Waals surface area (Å²) in [5.74, 6) is 0.155. The van der Waals surface area contributed by atoms with Gasteiger partial charge in [-0.1, -0.05) is 11.6 Å². The van der Waals surface area contributed by atoms with E-state index in [2.05, 4.69) is 10.1 Å². The van der Waals surface area contributed by atoms with Crippen molar-refractivity contribution in [2.45, 2.75) is 25.3 Å². The van der Waals surface area contributed by atoms with Crippen molar-refractivity contribution >= 4 is 23.5 Å². The standard InChI is InChI=1S/C14H16ClNO4/c1-19-14(18)5-4-13(17)16-11-6-7-20-12-3-2-9(15)8-10(11)12/h2-3,8,11H,4-7H2,1H3,(H,16,17). The van der Waals surface area contributed by atoms with Crippen LogP contribution in [0.3, 0.4) is 0 Å². The number of carbonyl (C=O) groups is 2. The zero-order chi connectivity index (χ0) is 14.5. The van der Waals surface area contributed by atoms with Gasteiger partial charge in [-0.15, -0.1) is 0 Å². The molecular formula is C14H16ClNO4. The number of ether oxygens (including phenoxy) is 2. The maximum atomic E-state index is 11.8. The number of hydrogen-bond donors (Lipinski definition) is 1. The molecule has 0 aliphatic carbocycles. The second-order valence-electron chi connectivity index (χ2n) is 4.52. The largest absolute Gasteiger partial charge is 0.493 e. The van der Waals surface area contributed by atoms with Crippen molar-refractivity contribution < 1.29 is 19.1 Å². The van der Waals surface area contributed by atoms with Gasteiger partial charge in [-0.05, 0) is 18.2 Å². The number of benzene rings is 1. The summed E-state index contributed by atoms with van der Waals surface area (Å²) in [4.78, 5) is 22.8. The van der Waals surface area contributed by atoms with Crippen LogP contribution < -0.4 is 10.1 Å². The monoisotopic (exact) mass is 297 g/mol. The van der Waals surface area contributed by atoms with Gasteiger partial charge in [0.2, 0.25) is 5.91 Å². The lowest BCUT2D eigenvalue weighted by molar-refractivity contribution is -0.142. The minimum Gasteiger partial charge on any atom is -0.493 e. The molecule has 1 heterocycles. The minimum atomic E-state index is -0.393. The fraction of sp³-hybridized carbons (Fsp3) is 0.429. The molecule has 5 nitrogen and oxygen atoms in total. The minimum absolute atomic E-state index is 0.0773. The van der Waals surface area contributed by atoms with E-state index < -0.39 is 5.97 Å². The van der Waals surface area contributed by atoms with Gasteiger partial charge >= 0.3 is 5.97 Å². The molecule has 6 heteroatoms. The van der Waals surface area contributed by atoms with Crippen LogP contribution in [-0.2, 0) is 14.3 Å². The van der Waals surface area contributed by atoms with Gasteiger partial charge in [-0.25, -0.2) is 0 Å². The highest BCUT2D eigenvalue weighted by Crippen LogP contribution is 2.33. The third-order valence-corrected chi connectivity index (χ3v) is 3.37. The van der Waals surface area contributed by atoms with Crippen LogP contribution >= 0.6 is 11.6 Å². The molecule has 108 valence electrons. The molecule has 0 spiro atoms. The topological polar surface area (TPSA) is 64.6 Å². The molecule has 0 aromatic heterocycles. The molecule has 1 aromatic rings. The van der Waals surface area contributed by atoms with Crippen molar-refractivity contribution in [3.8, 4) is 5.75 Å². The van der Waals surface area contributed by atoms with E-state index in [1.807, 2.05) is 0 Å². The van der Waals surface area contributed by atoms with E-state index in [1.54, 1.807) is 18.2 Å². The van der Waals surface area contributed by atoms with E-state index in [0.717, 1.165) is 11.3 Å². The van der Waals surface area contributed by atoms with Gasteiger partial charge in [0.1, 0.15) is 5.75 Å². The Bertz CT molecular complexity index is 518. The third-order valence-electron chi connectivity index (χ3n) is 3.13. The molecule has 1 N–H and O–H groups in total. The molecule has 0 saturated carbocycles. The normalized spacial score (nSPS) is 16.8. The Hall–Kier alpha value is -1.75. The van der Waals surface area contributed by atoms with E-state index in [4.69, 9.17) is 16.3 Å². The molecule has 1 unspecified atom stereocenters. The molecule has 1 aromatic carbocycles. The zero-order valence-corrected chi connectivity index (χ0v) is 11.9. The number of methoxy groups -OCH3 is 1. The maximum absolute atomic E-state index is 11.8. The van der Waals surface area contributed by atoms with Gasteiger partial charge in [0.25, 0.3) is 0 Å². The lowest BCUT2D eigenvalue weighted by Gasteiger charge is -2.26. The predicted octanol–water partition coefficient (Wildman–Crippen LogP) is 2.23. The quantitative estimate of drug-likeness (QED) is 0.866. The molecule has 1 aliphatic heterocycles. The lowest BCUT2D eigenvalue weighted by atomic mass is 10.0. The number of carbonyl (C=O) groups excluding carboxylic acids is 2. The van der Waals surface area contributed by atoms with E-state index in [-0.39, 0.29) is 24.8 Å². The number of hydrogen-bond acceptors (Lipinski definition) is 4. The molecule has 1 amide bonds. The smallest absolute Gasteiger partial charge is 0.306 e. The highest BCUT2D eigenvalue weighted by atomic mass is 35.5. The van der Waals surface area contributed by atoms with Gasteiger partial charge in [0.05, 0.1) is 26.2 Å². The van der Waals surface area contributed by atoms with Gasteiger partial charge in [-0.2, -0.15) is 0 Å². The zero-order valence-electron chi connectivity index (χ0n) is 11.1. The van der Waals surface area contributed by atoms with Crippen LogP contribution in [0.2, 0.25) is 5.02 Å². The summed E-state index contributed by atoms with van der Waals surface area (Å²) in [6, 6.07) is 5.20. The molecular weight excluding hydrogens is 282 g/mol. The van der Waals surface area contributed by atoms with Crippen LogP contribution in [0, 0.1) is 0 Å². The van der Waals surface area contributed by atoms with Gasteiger partial charge in [0, 0.05) is 23.4 Å². The summed E-state index contributed by atoms with van der Waals surface area (Å²) in [6.07, 6.45) is 0.866. The average Bonchev–Trinajstić information content (AvgIpc) is 2.45. The summed E-state index contributed by atoms with van der Waals surface area (Å²) < 4.78 is 10.0. The summed E-state index contributed by atoms with van der Waals surface area (Å²) in [5, 5.41) is 3.50. The lowest BCUT2D eigenvalue weighted by Crippen LogP contribution is -2.32. The first-order valence-electron chi connectivity index (χ1n) is 6.38.